The number of carbonyl (C=O) groups excluding carboxylic acids is 1. The molecule has 0 saturated carbocycles. The molecule has 3 rings (SSSR count). The first-order valence-electron chi connectivity index (χ1n) is 12.1. The van der Waals surface area contributed by atoms with Crippen LogP contribution in [0.2, 0.25) is 0 Å². The molecule has 11 heteroatoms. The van der Waals surface area contributed by atoms with E-state index in [9.17, 15) is 26.4 Å². The first-order valence-corrected chi connectivity index (χ1v) is 13.5. The predicted molar refractivity (Wildman–Crippen MR) is 141 cm³/mol. The number of aromatic nitrogens is 2. The number of alkyl halides is 3. The topological polar surface area (TPSA) is 84.3 Å². The number of halogens is 3. The highest BCUT2D eigenvalue weighted by molar-refractivity contribution is 7.89. The quantitative estimate of drug-likeness (QED) is 0.400. The number of rotatable bonds is 7. The highest BCUT2D eigenvalue weighted by atomic mass is 32.2. The molecule has 206 valence electrons. The number of hydrogen-bond donors (Lipinski definition) is 1. The van der Waals surface area contributed by atoms with Gasteiger partial charge in [0.15, 0.2) is 0 Å². The van der Waals surface area contributed by atoms with Gasteiger partial charge in [-0.2, -0.15) is 22.6 Å². The largest absolute Gasteiger partial charge is 0.416 e. The molecule has 0 bridgehead atoms. The van der Waals surface area contributed by atoms with E-state index in [1.807, 2.05) is 52.8 Å². The summed E-state index contributed by atoms with van der Waals surface area (Å²) in [5.41, 5.74) is 2.05. The SMILES string of the molecule is Cc1cccc(-n2nc(C(C)(C)C)cc2NC(=O)CN(C(C)C)S(=O)(=O)c2cccc(C(F)(F)F)c2)c1C. The van der Waals surface area contributed by atoms with E-state index < -0.39 is 45.2 Å². The lowest BCUT2D eigenvalue weighted by atomic mass is 9.92. The fraction of sp³-hybridized carbons (Fsp3) is 0.407. The number of nitrogens with one attached hydrogen (secondary N) is 1. The summed E-state index contributed by atoms with van der Waals surface area (Å²) in [5, 5.41) is 7.48. The number of amides is 1. The van der Waals surface area contributed by atoms with Crippen LogP contribution in [0.1, 0.15) is 57.0 Å². The molecule has 0 atom stereocenters. The molecule has 0 saturated heterocycles. The molecule has 1 heterocycles. The zero-order valence-corrected chi connectivity index (χ0v) is 23.3. The summed E-state index contributed by atoms with van der Waals surface area (Å²) in [6.45, 7) is 12.4. The van der Waals surface area contributed by atoms with Crippen molar-refractivity contribution in [2.75, 3.05) is 11.9 Å². The van der Waals surface area contributed by atoms with Crippen molar-refractivity contribution in [1.29, 1.82) is 0 Å². The average Bonchev–Trinajstić information content (AvgIpc) is 3.22. The highest BCUT2D eigenvalue weighted by Crippen LogP contribution is 2.32. The van der Waals surface area contributed by atoms with Crippen LogP contribution in [0.5, 0.6) is 0 Å². The fourth-order valence-electron chi connectivity index (χ4n) is 3.82. The number of aryl methyl sites for hydroxylation is 1. The van der Waals surface area contributed by atoms with E-state index in [0.29, 0.717) is 17.6 Å². The molecule has 38 heavy (non-hydrogen) atoms. The van der Waals surface area contributed by atoms with Crippen LogP contribution >= 0.6 is 0 Å². The van der Waals surface area contributed by atoms with Gasteiger partial charge >= 0.3 is 6.18 Å². The third-order valence-corrected chi connectivity index (χ3v) is 8.21. The van der Waals surface area contributed by atoms with Crippen LogP contribution in [-0.4, -0.2) is 41.0 Å². The first kappa shape index (κ1) is 29.4. The van der Waals surface area contributed by atoms with Crippen LogP contribution in [0, 0.1) is 13.8 Å². The number of anilines is 1. The lowest BCUT2D eigenvalue weighted by Gasteiger charge is -2.25. The maximum absolute atomic E-state index is 13.3. The summed E-state index contributed by atoms with van der Waals surface area (Å²) < 4.78 is 68.7. The van der Waals surface area contributed by atoms with Crippen molar-refractivity contribution in [2.45, 2.75) is 71.0 Å². The van der Waals surface area contributed by atoms with Crippen LogP contribution < -0.4 is 5.32 Å². The van der Waals surface area contributed by atoms with Crippen LogP contribution in [0.25, 0.3) is 5.69 Å². The number of carbonyl (C=O) groups is 1. The number of hydrogen-bond acceptors (Lipinski definition) is 4. The molecule has 0 aliphatic rings. The summed E-state index contributed by atoms with van der Waals surface area (Å²) in [4.78, 5) is 12.6. The molecule has 1 amide bonds. The van der Waals surface area contributed by atoms with Gasteiger partial charge in [0, 0.05) is 17.5 Å². The van der Waals surface area contributed by atoms with Gasteiger partial charge in [0.2, 0.25) is 15.9 Å². The maximum Gasteiger partial charge on any atom is 0.416 e. The Bertz CT molecular complexity index is 1440. The summed E-state index contributed by atoms with van der Waals surface area (Å²) in [6, 6.07) is 10.2. The monoisotopic (exact) mass is 550 g/mol. The molecule has 0 aliphatic heterocycles. The zero-order valence-electron chi connectivity index (χ0n) is 22.5. The molecule has 1 N–H and O–H groups in total. The summed E-state index contributed by atoms with van der Waals surface area (Å²) in [5.74, 6) is -0.296. The molecule has 0 aliphatic carbocycles. The Morgan fingerprint density at radius 3 is 2.26 bits per heavy atom. The van der Waals surface area contributed by atoms with E-state index in [4.69, 9.17) is 5.10 Å². The molecule has 0 unspecified atom stereocenters. The van der Waals surface area contributed by atoms with Gasteiger partial charge in [0.25, 0.3) is 0 Å². The Kier molecular flexibility index (Phi) is 8.14. The van der Waals surface area contributed by atoms with E-state index in [1.165, 1.54) is 0 Å². The number of nitrogens with zero attached hydrogens (tertiary/aromatic N) is 3. The van der Waals surface area contributed by atoms with Crippen molar-refractivity contribution in [3.63, 3.8) is 0 Å². The Hall–Kier alpha value is -3.18. The molecule has 3 aromatic rings. The zero-order chi connectivity index (χ0) is 28.6. The van der Waals surface area contributed by atoms with Crippen molar-refractivity contribution in [3.05, 3.63) is 70.9 Å². The fourth-order valence-corrected chi connectivity index (χ4v) is 5.46. The van der Waals surface area contributed by atoms with Crippen LogP contribution in [0.15, 0.2) is 53.4 Å². The Labute approximate surface area is 221 Å². The third kappa shape index (κ3) is 6.27. The van der Waals surface area contributed by atoms with Crippen molar-refractivity contribution < 1.29 is 26.4 Å². The van der Waals surface area contributed by atoms with Crippen molar-refractivity contribution in [1.82, 2.24) is 14.1 Å². The molecule has 0 radical (unpaired) electrons. The Morgan fingerprint density at radius 1 is 1.05 bits per heavy atom. The van der Waals surface area contributed by atoms with Gasteiger partial charge in [-0.25, -0.2) is 13.1 Å². The standard InChI is InChI=1S/C27H33F3N4O3S/c1-17(2)33(38(36,37)21-12-9-11-20(14-21)27(28,29)30)16-25(35)31-24-15-23(26(5,6)7)32-34(24)22-13-8-10-18(3)19(22)4/h8-15,17H,16H2,1-7H3,(H,31,35). The first-order chi connectivity index (χ1) is 17.4. The van der Waals surface area contributed by atoms with E-state index in [0.717, 1.165) is 39.3 Å². The molecular weight excluding hydrogens is 517 g/mol. The minimum atomic E-state index is -4.71. The van der Waals surface area contributed by atoms with Gasteiger partial charge in [-0.3, -0.25) is 4.79 Å². The van der Waals surface area contributed by atoms with E-state index in [1.54, 1.807) is 24.6 Å². The number of benzene rings is 2. The van der Waals surface area contributed by atoms with Crippen molar-refractivity contribution >= 4 is 21.7 Å². The van der Waals surface area contributed by atoms with Gasteiger partial charge < -0.3 is 5.32 Å². The van der Waals surface area contributed by atoms with Crippen LogP contribution in [-0.2, 0) is 26.4 Å². The lowest BCUT2D eigenvalue weighted by molar-refractivity contribution is -0.137. The minimum Gasteiger partial charge on any atom is -0.309 e. The van der Waals surface area contributed by atoms with Gasteiger partial charge in [0.05, 0.1) is 28.4 Å². The van der Waals surface area contributed by atoms with Gasteiger partial charge in [0.1, 0.15) is 5.82 Å². The van der Waals surface area contributed by atoms with Crippen molar-refractivity contribution in [3.8, 4) is 5.69 Å². The molecule has 7 nitrogen and oxygen atoms in total. The Balaban J connectivity index is 1.97. The molecular formula is C27H33F3N4O3S. The number of sulfonamides is 1. The minimum absolute atomic E-state index is 0.334. The highest BCUT2D eigenvalue weighted by Gasteiger charge is 2.34. The summed E-state index contributed by atoms with van der Waals surface area (Å²) in [7, 11) is -4.41. The van der Waals surface area contributed by atoms with Crippen LogP contribution in [0.3, 0.4) is 0 Å². The van der Waals surface area contributed by atoms with Crippen LogP contribution in [0.4, 0.5) is 19.0 Å². The summed E-state index contributed by atoms with van der Waals surface area (Å²) in [6.07, 6.45) is -4.71. The average molecular weight is 551 g/mol. The van der Waals surface area contributed by atoms with E-state index in [2.05, 4.69) is 5.32 Å². The lowest BCUT2D eigenvalue weighted by Crippen LogP contribution is -2.42. The normalized spacial score (nSPS) is 12.8. The second-order valence-corrected chi connectivity index (χ2v) is 12.4. The second-order valence-electron chi connectivity index (χ2n) is 10.5. The second kappa shape index (κ2) is 10.5. The third-order valence-electron chi connectivity index (χ3n) is 6.19. The van der Waals surface area contributed by atoms with E-state index >= 15 is 0 Å². The van der Waals surface area contributed by atoms with Crippen molar-refractivity contribution in [2.24, 2.45) is 0 Å². The van der Waals surface area contributed by atoms with Gasteiger partial charge in [-0.15, -0.1) is 0 Å². The summed E-state index contributed by atoms with van der Waals surface area (Å²) >= 11 is 0. The predicted octanol–water partition coefficient (Wildman–Crippen LogP) is 5.84. The Morgan fingerprint density at radius 2 is 1.68 bits per heavy atom. The smallest absolute Gasteiger partial charge is 0.309 e. The van der Waals surface area contributed by atoms with Gasteiger partial charge in [-0.05, 0) is 63.1 Å². The molecule has 2 aromatic carbocycles. The molecule has 0 spiro atoms. The molecule has 1 aromatic heterocycles. The van der Waals surface area contributed by atoms with E-state index in [-0.39, 0.29) is 5.41 Å². The molecule has 0 fully saturated rings. The van der Waals surface area contributed by atoms with Gasteiger partial charge in [-0.1, -0.05) is 39.0 Å². The maximum atomic E-state index is 13.3.